The van der Waals surface area contributed by atoms with Crippen molar-refractivity contribution in [3.05, 3.63) is 47.9 Å². The lowest BCUT2D eigenvalue weighted by Crippen LogP contribution is -2.41. The fraction of sp³-hybridized carbons (Fsp3) is 0.421. The zero-order valence-corrected chi connectivity index (χ0v) is 14.6. The van der Waals surface area contributed by atoms with Crippen LogP contribution in [0, 0.1) is 0 Å². The highest BCUT2D eigenvalue weighted by molar-refractivity contribution is 5.95. The molecule has 0 saturated carbocycles. The van der Waals surface area contributed by atoms with E-state index in [0.29, 0.717) is 30.9 Å². The number of amides is 1. The summed E-state index contributed by atoms with van der Waals surface area (Å²) in [6.45, 7) is 3.61. The second-order valence-electron chi connectivity index (χ2n) is 6.21. The number of rotatable bonds is 6. The number of hydrogen-bond acceptors (Lipinski definition) is 5. The third-order valence-electron chi connectivity index (χ3n) is 4.59. The number of carbonyl (C=O) groups excluding carboxylic acids is 1. The predicted molar refractivity (Wildman–Crippen MR) is 95.0 cm³/mol. The Balaban J connectivity index is 1.88. The van der Waals surface area contributed by atoms with Crippen LogP contribution in [-0.4, -0.2) is 48.8 Å². The summed E-state index contributed by atoms with van der Waals surface area (Å²) in [7, 11) is 2.00. The summed E-state index contributed by atoms with van der Waals surface area (Å²) < 4.78 is 11.1. The molecule has 1 N–H and O–H groups in total. The highest BCUT2D eigenvalue weighted by atomic mass is 16.5. The van der Waals surface area contributed by atoms with Gasteiger partial charge in [0, 0.05) is 12.6 Å². The number of aliphatic hydroxyl groups is 1. The fourth-order valence-corrected chi connectivity index (χ4v) is 3.04. The zero-order valence-electron chi connectivity index (χ0n) is 14.6. The standard InChI is InChI=1S/C19H24N2O4/c1-3-15(13-22)21(12-16-5-4-9-24-16)19(23)14-6-7-17-18(11-14)25-10-8-20(17)2/h4-7,9,11,15,22H,3,8,10,12-13H2,1-2H3. The van der Waals surface area contributed by atoms with E-state index in [0.717, 1.165) is 18.0 Å². The van der Waals surface area contributed by atoms with Gasteiger partial charge in [-0.25, -0.2) is 0 Å². The largest absolute Gasteiger partial charge is 0.490 e. The summed E-state index contributed by atoms with van der Waals surface area (Å²) >= 11 is 0. The minimum atomic E-state index is -0.266. The molecule has 0 saturated heterocycles. The Kier molecular flexibility index (Phi) is 5.28. The third kappa shape index (κ3) is 3.64. The summed E-state index contributed by atoms with van der Waals surface area (Å²) in [6, 6.07) is 8.86. The molecule has 3 rings (SSSR count). The molecule has 1 aliphatic rings. The van der Waals surface area contributed by atoms with Crippen LogP contribution in [0.1, 0.15) is 29.5 Å². The van der Waals surface area contributed by atoms with Gasteiger partial charge in [0.1, 0.15) is 18.1 Å². The molecular formula is C19H24N2O4. The van der Waals surface area contributed by atoms with Crippen molar-refractivity contribution < 1.29 is 19.1 Å². The van der Waals surface area contributed by atoms with Gasteiger partial charge in [-0.3, -0.25) is 4.79 Å². The van der Waals surface area contributed by atoms with Crippen LogP contribution in [0.3, 0.4) is 0 Å². The van der Waals surface area contributed by atoms with E-state index in [1.165, 1.54) is 0 Å². The summed E-state index contributed by atoms with van der Waals surface area (Å²) in [5.74, 6) is 1.26. The summed E-state index contributed by atoms with van der Waals surface area (Å²) in [4.78, 5) is 16.9. The Morgan fingerprint density at radius 1 is 1.40 bits per heavy atom. The van der Waals surface area contributed by atoms with E-state index in [1.54, 1.807) is 23.3 Å². The molecule has 1 amide bonds. The molecule has 6 heteroatoms. The van der Waals surface area contributed by atoms with Crippen molar-refractivity contribution in [2.75, 3.05) is 31.7 Å². The highest BCUT2D eigenvalue weighted by Crippen LogP contribution is 2.32. The molecule has 1 aliphatic heterocycles. The summed E-state index contributed by atoms with van der Waals surface area (Å²) in [5.41, 5.74) is 1.53. The number of ether oxygens (including phenoxy) is 1. The van der Waals surface area contributed by atoms with Crippen LogP contribution in [-0.2, 0) is 6.54 Å². The van der Waals surface area contributed by atoms with Crippen molar-refractivity contribution in [3.63, 3.8) is 0 Å². The van der Waals surface area contributed by atoms with Crippen molar-refractivity contribution in [2.24, 2.45) is 0 Å². The van der Waals surface area contributed by atoms with Crippen molar-refractivity contribution in [1.82, 2.24) is 4.90 Å². The number of hydrogen-bond donors (Lipinski definition) is 1. The predicted octanol–water partition coefficient (Wildman–Crippen LogP) is 2.52. The van der Waals surface area contributed by atoms with E-state index in [9.17, 15) is 9.90 Å². The number of fused-ring (bicyclic) bond motifs is 1. The summed E-state index contributed by atoms with van der Waals surface area (Å²) in [6.07, 6.45) is 2.24. The van der Waals surface area contributed by atoms with Gasteiger partial charge in [0.05, 0.1) is 37.7 Å². The molecule has 0 radical (unpaired) electrons. The molecule has 2 heterocycles. The number of likely N-dealkylation sites (N-methyl/N-ethyl adjacent to an activating group) is 1. The molecule has 1 aromatic heterocycles. The number of benzene rings is 1. The van der Waals surface area contributed by atoms with Crippen LogP contribution >= 0.6 is 0 Å². The van der Waals surface area contributed by atoms with Crippen molar-refractivity contribution in [2.45, 2.75) is 25.9 Å². The second kappa shape index (κ2) is 7.61. The molecule has 25 heavy (non-hydrogen) atoms. The first-order valence-electron chi connectivity index (χ1n) is 8.56. The first-order chi connectivity index (χ1) is 12.1. The van der Waals surface area contributed by atoms with Crippen LogP contribution < -0.4 is 9.64 Å². The van der Waals surface area contributed by atoms with Gasteiger partial charge in [-0.15, -0.1) is 0 Å². The Bertz CT molecular complexity index is 710. The topological polar surface area (TPSA) is 66.1 Å². The number of carbonyl (C=O) groups is 1. The van der Waals surface area contributed by atoms with Crippen molar-refractivity contribution >= 4 is 11.6 Å². The van der Waals surface area contributed by atoms with Gasteiger partial charge in [-0.1, -0.05) is 6.92 Å². The van der Waals surface area contributed by atoms with E-state index >= 15 is 0 Å². The maximum absolute atomic E-state index is 13.1. The molecule has 1 aromatic carbocycles. The average molecular weight is 344 g/mol. The van der Waals surface area contributed by atoms with Gasteiger partial charge in [0.15, 0.2) is 0 Å². The van der Waals surface area contributed by atoms with Crippen molar-refractivity contribution in [3.8, 4) is 5.75 Å². The molecule has 2 aromatic rings. The van der Waals surface area contributed by atoms with Gasteiger partial charge in [0.2, 0.25) is 0 Å². The second-order valence-corrected chi connectivity index (χ2v) is 6.21. The zero-order chi connectivity index (χ0) is 17.8. The number of anilines is 1. The average Bonchev–Trinajstić information content (AvgIpc) is 3.14. The summed E-state index contributed by atoms with van der Waals surface area (Å²) in [5, 5.41) is 9.69. The first kappa shape index (κ1) is 17.4. The lowest BCUT2D eigenvalue weighted by Gasteiger charge is -2.31. The molecular weight excluding hydrogens is 320 g/mol. The molecule has 0 aliphatic carbocycles. The Morgan fingerprint density at radius 2 is 2.24 bits per heavy atom. The Labute approximate surface area is 147 Å². The van der Waals surface area contributed by atoms with Gasteiger partial charge in [-0.05, 0) is 36.8 Å². The van der Waals surface area contributed by atoms with Crippen molar-refractivity contribution in [1.29, 1.82) is 0 Å². The maximum atomic E-state index is 13.1. The first-order valence-corrected chi connectivity index (χ1v) is 8.56. The molecule has 1 atom stereocenters. The molecule has 6 nitrogen and oxygen atoms in total. The van der Waals surface area contributed by atoms with Gasteiger partial charge in [-0.2, -0.15) is 0 Å². The number of aliphatic hydroxyl groups excluding tert-OH is 1. The lowest BCUT2D eigenvalue weighted by atomic mass is 10.1. The maximum Gasteiger partial charge on any atom is 0.254 e. The van der Waals surface area contributed by atoms with E-state index in [1.807, 2.05) is 32.2 Å². The van der Waals surface area contributed by atoms with Crippen LogP contribution in [0.15, 0.2) is 41.0 Å². The molecule has 1 unspecified atom stereocenters. The highest BCUT2D eigenvalue weighted by Gasteiger charge is 2.26. The number of furan rings is 1. The smallest absolute Gasteiger partial charge is 0.254 e. The lowest BCUT2D eigenvalue weighted by molar-refractivity contribution is 0.0544. The van der Waals surface area contributed by atoms with Crippen LogP contribution in [0.4, 0.5) is 5.69 Å². The molecule has 134 valence electrons. The minimum absolute atomic E-state index is 0.0902. The van der Waals surface area contributed by atoms with E-state index < -0.39 is 0 Å². The van der Waals surface area contributed by atoms with Gasteiger partial charge in [0.25, 0.3) is 5.91 Å². The van der Waals surface area contributed by atoms with Crippen LogP contribution in [0.5, 0.6) is 5.75 Å². The van der Waals surface area contributed by atoms with E-state index in [2.05, 4.69) is 4.90 Å². The van der Waals surface area contributed by atoms with Gasteiger partial charge >= 0.3 is 0 Å². The molecule has 0 bridgehead atoms. The fourth-order valence-electron chi connectivity index (χ4n) is 3.04. The Hall–Kier alpha value is -2.47. The minimum Gasteiger partial charge on any atom is -0.490 e. The third-order valence-corrected chi connectivity index (χ3v) is 4.59. The SMILES string of the molecule is CCC(CO)N(Cc1ccco1)C(=O)c1ccc2c(c1)OCCN2C. The van der Waals surface area contributed by atoms with Crippen LogP contribution in [0.25, 0.3) is 0 Å². The monoisotopic (exact) mass is 344 g/mol. The molecule has 0 spiro atoms. The quantitative estimate of drug-likeness (QED) is 0.872. The molecule has 0 fully saturated rings. The van der Waals surface area contributed by atoms with E-state index in [4.69, 9.17) is 9.15 Å². The Morgan fingerprint density at radius 3 is 2.92 bits per heavy atom. The van der Waals surface area contributed by atoms with Crippen LogP contribution in [0.2, 0.25) is 0 Å². The number of nitrogens with zero attached hydrogens (tertiary/aromatic N) is 2. The van der Waals surface area contributed by atoms with Gasteiger partial charge < -0.3 is 24.1 Å². The van der Waals surface area contributed by atoms with E-state index in [-0.39, 0.29) is 18.6 Å². The normalized spacial score (nSPS) is 14.6.